The summed E-state index contributed by atoms with van der Waals surface area (Å²) in [5.74, 6) is 0.158. The molecule has 0 atom stereocenters. The van der Waals surface area contributed by atoms with Gasteiger partial charge in [-0.05, 0) is 50.3 Å². The van der Waals surface area contributed by atoms with Crippen LogP contribution in [-0.2, 0) is 4.79 Å². The molecule has 0 bridgehead atoms. The maximum Gasteiger partial charge on any atom is 0.285 e. The molecule has 1 fully saturated rings. The highest BCUT2D eigenvalue weighted by molar-refractivity contribution is 8.27. The molecule has 26 heavy (non-hydrogen) atoms. The minimum Gasteiger partial charge on any atom is -0.496 e. The fourth-order valence-electron chi connectivity index (χ4n) is 2.70. The Labute approximate surface area is 159 Å². The average Bonchev–Trinajstić information content (AvgIpc) is 3.06. The van der Waals surface area contributed by atoms with Crippen LogP contribution in [0.25, 0.3) is 6.08 Å². The van der Waals surface area contributed by atoms with Crippen molar-refractivity contribution < 1.29 is 14.5 Å². The van der Waals surface area contributed by atoms with E-state index in [1.165, 1.54) is 30.3 Å². The summed E-state index contributed by atoms with van der Waals surface area (Å²) >= 11 is 6.52. The van der Waals surface area contributed by atoms with Crippen LogP contribution in [-0.4, -0.2) is 26.9 Å². The smallest absolute Gasteiger partial charge is 0.285 e. The van der Waals surface area contributed by atoms with Crippen molar-refractivity contribution in [1.82, 2.24) is 4.68 Å². The van der Waals surface area contributed by atoms with Crippen LogP contribution in [0, 0.1) is 24.0 Å². The molecule has 1 aliphatic heterocycles. The number of benzene rings is 1. The first-order valence-electron chi connectivity index (χ1n) is 7.59. The third-order valence-electron chi connectivity index (χ3n) is 3.92. The van der Waals surface area contributed by atoms with Crippen LogP contribution in [0.1, 0.15) is 17.0 Å². The van der Waals surface area contributed by atoms with Gasteiger partial charge in [0.1, 0.15) is 5.75 Å². The fraction of sp³-hybridized carbons (Fsp3) is 0.176. The first kappa shape index (κ1) is 18.2. The molecular weight excluding hydrogens is 374 g/mol. The minimum absolute atomic E-state index is 0.0790. The van der Waals surface area contributed by atoms with Crippen molar-refractivity contribution in [2.24, 2.45) is 0 Å². The van der Waals surface area contributed by atoms with E-state index in [9.17, 15) is 14.9 Å². The molecule has 0 unspecified atom stereocenters. The molecule has 7 nitrogen and oxygen atoms in total. The molecule has 1 aromatic heterocycles. The summed E-state index contributed by atoms with van der Waals surface area (Å²) in [6, 6.07) is 8.04. The summed E-state index contributed by atoms with van der Waals surface area (Å²) in [6.45, 7) is 3.78. The van der Waals surface area contributed by atoms with Crippen molar-refractivity contribution in [3.05, 3.63) is 62.3 Å². The number of nitrogens with zero attached hydrogens (tertiary/aromatic N) is 3. The van der Waals surface area contributed by atoms with Gasteiger partial charge in [0.05, 0.1) is 16.9 Å². The topological polar surface area (TPSA) is 77.6 Å². The summed E-state index contributed by atoms with van der Waals surface area (Å²) in [7, 11) is 1.47. The van der Waals surface area contributed by atoms with E-state index in [0.29, 0.717) is 20.5 Å². The number of non-ortho nitro benzene ring substituents is 1. The molecule has 0 aliphatic carbocycles. The lowest BCUT2D eigenvalue weighted by molar-refractivity contribution is -0.384. The molecule has 2 aromatic rings. The summed E-state index contributed by atoms with van der Waals surface area (Å²) in [4.78, 5) is 23.8. The van der Waals surface area contributed by atoms with Crippen LogP contribution in [0.5, 0.6) is 5.75 Å². The number of nitro benzene ring substituents is 1. The van der Waals surface area contributed by atoms with E-state index in [0.717, 1.165) is 23.1 Å². The first-order valence-corrected chi connectivity index (χ1v) is 8.81. The van der Waals surface area contributed by atoms with Gasteiger partial charge in [-0.3, -0.25) is 19.6 Å². The van der Waals surface area contributed by atoms with Gasteiger partial charge in [0.25, 0.3) is 11.6 Å². The standard InChI is InChI=1S/C17H15N3O4S2/c1-10-4-5-11(2)18(10)19-16(21)15(26-17(19)25)9-12-8-13(20(22)23)6-7-14(12)24-3/h4-9H,1-3H3/b15-9+. The van der Waals surface area contributed by atoms with Gasteiger partial charge in [0.2, 0.25) is 0 Å². The Hall–Kier alpha value is -2.65. The summed E-state index contributed by atoms with van der Waals surface area (Å²) < 4.78 is 7.40. The zero-order chi connectivity index (χ0) is 19.0. The van der Waals surface area contributed by atoms with Crippen LogP contribution < -0.4 is 9.75 Å². The molecule has 9 heteroatoms. The molecule has 3 rings (SSSR count). The molecule has 0 N–H and O–H groups in total. The quantitative estimate of drug-likeness (QED) is 0.344. The number of aromatic nitrogens is 1. The number of hydrogen-bond donors (Lipinski definition) is 0. The van der Waals surface area contributed by atoms with Crippen molar-refractivity contribution in [1.29, 1.82) is 0 Å². The SMILES string of the molecule is COc1ccc([N+](=O)[O-])cc1/C=C1/SC(=S)N(n2c(C)ccc2C)C1=O. The number of hydrogen-bond acceptors (Lipinski definition) is 6. The van der Waals surface area contributed by atoms with Gasteiger partial charge in [-0.25, -0.2) is 0 Å². The number of nitro groups is 1. The summed E-state index contributed by atoms with van der Waals surface area (Å²) in [6.07, 6.45) is 1.57. The maximum atomic E-state index is 12.9. The van der Waals surface area contributed by atoms with Gasteiger partial charge in [0, 0.05) is 29.1 Å². The highest BCUT2D eigenvalue weighted by Crippen LogP contribution is 2.35. The maximum absolute atomic E-state index is 12.9. The lowest BCUT2D eigenvalue weighted by Crippen LogP contribution is -2.39. The molecule has 134 valence electrons. The molecule has 1 aliphatic rings. The van der Waals surface area contributed by atoms with Gasteiger partial charge in [0.15, 0.2) is 4.32 Å². The average molecular weight is 389 g/mol. The molecule has 0 saturated carbocycles. The zero-order valence-electron chi connectivity index (χ0n) is 14.3. The van der Waals surface area contributed by atoms with Crippen LogP contribution >= 0.6 is 24.0 Å². The Kier molecular flexibility index (Phi) is 4.84. The Morgan fingerprint density at radius 2 is 1.88 bits per heavy atom. The lowest BCUT2D eigenvalue weighted by Gasteiger charge is -2.20. The number of thiocarbonyl (C=S) groups is 1. The summed E-state index contributed by atoms with van der Waals surface area (Å²) in [5.41, 5.74) is 2.13. The van der Waals surface area contributed by atoms with Gasteiger partial charge in [-0.2, -0.15) is 5.01 Å². The fourth-order valence-corrected chi connectivity index (χ4v) is 3.93. The number of rotatable bonds is 4. The van der Waals surface area contributed by atoms with Crippen molar-refractivity contribution in [3.63, 3.8) is 0 Å². The number of thioether (sulfide) groups is 1. The lowest BCUT2D eigenvalue weighted by atomic mass is 10.1. The predicted molar refractivity (Wildman–Crippen MR) is 105 cm³/mol. The van der Waals surface area contributed by atoms with Crippen molar-refractivity contribution >= 4 is 46.0 Å². The second-order valence-corrected chi connectivity index (χ2v) is 7.28. The van der Waals surface area contributed by atoms with Gasteiger partial charge < -0.3 is 4.74 Å². The Bertz CT molecular complexity index is 945. The van der Waals surface area contributed by atoms with E-state index in [1.807, 2.05) is 26.0 Å². The van der Waals surface area contributed by atoms with Crippen LogP contribution in [0.15, 0.2) is 35.2 Å². The third kappa shape index (κ3) is 3.11. The van der Waals surface area contributed by atoms with E-state index >= 15 is 0 Å². The number of amides is 1. The minimum atomic E-state index is -0.492. The molecule has 1 aromatic carbocycles. The van der Waals surface area contributed by atoms with Crippen LogP contribution in [0.3, 0.4) is 0 Å². The molecule has 2 heterocycles. The molecule has 0 radical (unpaired) electrons. The number of methoxy groups -OCH3 is 1. The van der Waals surface area contributed by atoms with Crippen LogP contribution in [0.4, 0.5) is 5.69 Å². The zero-order valence-corrected chi connectivity index (χ0v) is 15.9. The van der Waals surface area contributed by atoms with Crippen molar-refractivity contribution in [3.8, 4) is 5.75 Å². The number of ether oxygens (including phenoxy) is 1. The molecule has 1 saturated heterocycles. The van der Waals surface area contributed by atoms with E-state index in [4.69, 9.17) is 17.0 Å². The normalized spacial score (nSPS) is 15.8. The Morgan fingerprint density at radius 1 is 1.23 bits per heavy atom. The first-order chi connectivity index (χ1) is 12.3. The highest BCUT2D eigenvalue weighted by Gasteiger charge is 2.35. The Morgan fingerprint density at radius 3 is 2.46 bits per heavy atom. The van der Waals surface area contributed by atoms with E-state index < -0.39 is 4.92 Å². The van der Waals surface area contributed by atoms with Crippen LogP contribution in [0.2, 0.25) is 0 Å². The van der Waals surface area contributed by atoms with Gasteiger partial charge >= 0.3 is 0 Å². The second kappa shape index (κ2) is 6.93. The number of aryl methyl sites for hydroxylation is 2. The van der Waals surface area contributed by atoms with E-state index in [1.54, 1.807) is 10.8 Å². The van der Waals surface area contributed by atoms with E-state index in [-0.39, 0.29) is 11.6 Å². The Balaban J connectivity index is 2.04. The molecule has 0 spiro atoms. The second-order valence-electron chi connectivity index (χ2n) is 5.60. The van der Waals surface area contributed by atoms with Gasteiger partial charge in [-0.15, -0.1) is 0 Å². The van der Waals surface area contributed by atoms with Gasteiger partial charge in [-0.1, -0.05) is 11.8 Å². The highest BCUT2D eigenvalue weighted by atomic mass is 32.2. The molecule has 1 amide bonds. The third-order valence-corrected chi connectivity index (χ3v) is 5.20. The van der Waals surface area contributed by atoms with Crippen molar-refractivity contribution in [2.75, 3.05) is 12.1 Å². The summed E-state index contributed by atoms with van der Waals surface area (Å²) in [5, 5.41) is 12.5. The molecular formula is C17H15N3O4S2. The van der Waals surface area contributed by atoms with E-state index in [2.05, 4.69) is 0 Å². The monoisotopic (exact) mass is 389 g/mol. The van der Waals surface area contributed by atoms with Crippen molar-refractivity contribution in [2.45, 2.75) is 13.8 Å². The predicted octanol–water partition coefficient (Wildman–Crippen LogP) is 3.56. The largest absolute Gasteiger partial charge is 0.496 e. The number of carbonyl (C=O) groups excluding carboxylic acids is 1. The number of carbonyl (C=O) groups is 1.